The third-order valence-electron chi connectivity index (χ3n) is 1.82. The SMILES string of the molecule is CNS(=O)(=O)c1ccc(C(F)(F)F)cc1Br. The average Bonchev–Trinajstić information content (AvgIpc) is 2.16. The Morgan fingerprint density at radius 3 is 2.25 bits per heavy atom. The summed E-state index contributed by atoms with van der Waals surface area (Å²) in [5, 5.41) is 0. The van der Waals surface area contributed by atoms with Crippen molar-refractivity contribution >= 4 is 26.0 Å². The van der Waals surface area contributed by atoms with E-state index in [2.05, 4.69) is 15.9 Å². The number of nitrogens with one attached hydrogen (secondary N) is 1. The first-order chi connectivity index (χ1) is 7.18. The second kappa shape index (κ2) is 4.34. The van der Waals surface area contributed by atoms with Gasteiger partial charge in [0.05, 0.1) is 10.5 Å². The van der Waals surface area contributed by atoms with Crippen LogP contribution in [-0.4, -0.2) is 15.5 Å². The Balaban J connectivity index is 3.32. The van der Waals surface area contributed by atoms with E-state index in [1.54, 1.807) is 0 Å². The highest BCUT2D eigenvalue weighted by atomic mass is 79.9. The second-order valence-electron chi connectivity index (χ2n) is 2.85. The Bertz CT molecular complexity index is 498. The zero-order chi connectivity index (χ0) is 12.6. The summed E-state index contributed by atoms with van der Waals surface area (Å²) in [6, 6.07) is 2.35. The second-order valence-corrected chi connectivity index (χ2v) is 5.56. The number of rotatable bonds is 2. The molecular formula is C8H7BrF3NO2S. The van der Waals surface area contributed by atoms with Crippen LogP contribution in [0.1, 0.15) is 5.56 Å². The summed E-state index contributed by atoms with van der Waals surface area (Å²) in [5.74, 6) is 0. The number of hydrogen-bond acceptors (Lipinski definition) is 2. The first-order valence-corrected chi connectivity index (χ1v) is 6.26. The first kappa shape index (κ1) is 13.5. The lowest BCUT2D eigenvalue weighted by atomic mass is 10.2. The fourth-order valence-electron chi connectivity index (χ4n) is 1.01. The van der Waals surface area contributed by atoms with Crippen LogP contribution in [0.25, 0.3) is 0 Å². The van der Waals surface area contributed by atoms with Gasteiger partial charge < -0.3 is 0 Å². The van der Waals surface area contributed by atoms with E-state index in [-0.39, 0.29) is 9.37 Å². The van der Waals surface area contributed by atoms with E-state index in [0.29, 0.717) is 0 Å². The van der Waals surface area contributed by atoms with E-state index < -0.39 is 21.8 Å². The highest BCUT2D eigenvalue weighted by molar-refractivity contribution is 9.10. The molecule has 0 atom stereocenters. The van der Waals surface area contributed by atoms with Crippen LogP contribution in [0.15, 0.2) is 27.6 Å². The van der Waals surface area contributed by atoms with Crippen molar-refractivity contribution in [3.63, 3.8) is 0 Å². The molecule has 0 saturated carbocycles. The van der Waals surface area contributed by atoms with Crippen LogP contribution in [0.3, 0.4) is 0 Å². The van der Waals surface area contributed by atoms with Crippen molar-refractivity contribution in [1.29, 1.82) is 0 Å². The molecule has 0 amide bonds. The summed E-state index contributed by atoms with van der Waals surface area (Å²) in [6.45, 7) is 0. The van der Waals surface area contributed by atoms with E-state index in [1.807, 2.05) is 4.72 Å². The predicted molar refractivity (Wildman–Crippen MR) is 55.4 cm³/mol. The van der Waals surface area contributed by atoms with E-state index >= 15 is 0 Å². The molecule has 0 saturated heterocycles. The van der Waals surface area contributed by atoms with Gasteiger partial charge in [0, 0.05) is 4.47 Å². The van der Waals surface area contributed by atoms with E-state index in [9.17, 15) is 21.6 Å². The molecule has 0 heterocycles. The molecule has 0 radical (unpaired) electrons. The first-order valence-electron chi connectivity index (χ1n) is 3.99. The quantitative estimate of drug-likeness (QED) is 0.910. The molecule has 8 heteroatoms. The van der Waals surface area contributed by atoms with Gasteiger partial charge in [0.25, 0.3) is 0 Å². The van der Waals surface area contributed by atoms with Gasteiger partial charge in [0.2, 0.25) is 10.0 Å². The molecule has 0 aliphatic rings. The fourth-order valence-corrected chi connectivity index (χ4v) is 2.81. The smallest absolute Gasteiger partial charge is 0.214 e. The number of halogens is 4. The van der Waals surface area contributed by atoms with Gasteiger partial charge in [-0.25, -0.2) is 13.1 Å². The number of sulfonamides is 1. The molecule has 1 aromatic carbocycles. The maximum atomic E-state index is 12.3. The molecule has 0 spiro atoms. The molecule has 0 fully saturated rings. The maximum Gasteiger partial charge on any atom is 0.416 e. The van der Waals surface area contributed by atoms with Gasteiger partial charge in [-0.3, -0.25) is 0 Å². The molecule has 16 heavy (non-hydrogen) atoms. The molecule has 0 aliphatic heterocycles. The Hall–Kier alpha value is -0.600. The van der Waals surface area contributed by atoms with Gasteiger partial charge in [-0.2, -0.15) is 13.2 Å². The van der Waals surface area contributed by atoms with Gasteiger partial charge in [0.1, 0.15) is 0 Å². The van der Waals surface area contributed by atoms with Gasteiger partial charge >= 0.3 is 6.18 Å². The fraction of sp³-hybridized carbons (Fsp3) is 0.250. The summed E-state index contributed by atoms with van der Waals surface area (Å²) >= 11 is 2.80. The van der Waals surface area contributed by atoms with Crippen molar-refractivity contribution in [3.05, 3.63) is 28.2 Å². The number of benzene rings is 1. The Kier molecular flexibility index (Phi) is 3.65. The van der Waals surface area contributed by atoms with Crippen LogP contribution >= 0.6 is 15.9 Å². The van der Waals surface area contributed by atoms with Crippen LogP contribution < -0.4 is 4.72 Å². The third kappa shape index (κ3) is 2.74. The van der Waals surface area contributed by atoms with Gasteiger partial charge in [-0.15, -0.1) is 0 Å². The van der Waals surface area contributed by atoms with Crippen LogP contribution in [0.2, 0.25) is 0 Å². The number of alkyl halides is 3. The van der Waals surface area contributed by atoms with Crippen molar-refractivity contribution in [1.82, 2.24) is 4.72 Å². The Labute approximate surface area is 98.8 Å². The number of hydrogen-bond donors (Lipinski definition) is 1. The summed E-state index contributed by atoms with van der Waals surface area (Å²) in [4.78, 5) is -0.233. The summed E-state index contributed by atoms with van der Waals surface area (Å²) in [6.07, 6.45) is -4.50. The van der Waals surface area contributed by atoms with E-state index in [0.717, 1.165) is 18.2 Å². The van der Waals surface area contributed by atoms with Crippen molar-refractivity contribution in [2.45, 2.75) is 11.1 Å². The molecule has 0 aliphatic carbocycles. The van der Waals surface area contributed by atoms with E-state index in [4.69, 9.17) is 0 Å². The highest BCUT2D eigenvalue weighted by Crippen LogP contribution is 2.33. The minimum Gasteiger partial charge on any atom is -0.214 e. The highest BCUT2D eigenvalue weighted by Gasteiger charge is 2.31. The molecular weight excluding hydrogens is 311 g/mol. The minimum absolute atomic E-state index is 0.128. The Morgan fingerprint density at radius 1 is 1.31 bits per heavy atom. The average molecular weight is 318 g/mol. The predicted octanol–water partition coefficient (Wildman–Crippen LogP) is 2.38. The summed E-state index contributed by atoms with van der Waals surface area (Å²) < 4.78 is 61.5. The van der Waals surface area contributed by atoms with Crippen LogP contribution in [0.4, 0.5) is 13.2 Å². The zero-order valence-corrected chi connectivity index (χ0v) is 10.4. The normalized spacial score (nSPS) is 12.8. The summed E-state index contributed by atoms with van der Waals surface area (Å²) in [5.41, 5.74) is -0.908. The third-order valence-corrected chi connectivity index (χ3v) is 4.21. The molecule has 1 rings (SSSR count). The zero-order valence-electron chi connectivity index (χ0n) is 7.97. The van der Waals surface area contributed by atoms with Crippen molar-refractivity contribution in [3.8, 4) is 0 Å². The minimum atomic E-state index is -4.50. The van der Waals surface area contributed by atoms with Crippen LogP contribution in [0, 0.1) is 0 Å². The standard InChI is InChI=1S/C8H7BrF3NO2S/c1-13-16(14,15)7-3-2-5(4-6(7)9)8(10,11)12/h2-4,13H,1H3. The lowest BCUT2D eigenvalue weighted by molar-refractivity contribution is -0.137. The lowest BCUT2D eigenvalue weighted by Gasteiger charge is -2.09. The lowest BCUT2D eigenvalue weighted by Crippen LogP contribution is -2.19. The van der Waals surface area contributed by atoms with Crippen molar-refractivity contribution in [2.75, 3.05) is 7.05 Å². The molecule has 0 unspecified atom stereocenters. The van der Waals surface area contributed by atoms with Gasteiger partial charge in [0.15, 0.2) is 0 Å². The van der Waals surface area contributed by atoms with Crippen molar-refractivity contribution < 1.29 is 21.6 Å². The monoisotopic (exact) mass is 317 g/mol. The van der Waals surface area contributed by atoms with Gasteiger partial charge in [-0.1, -0.05) is 0 Å². The van der Waals surface area contributed by atoms with Crippen LogP contribution in [-0.2, 0) is 16.2 Å². The maximum absolute atomic E-state index is 12.3. The molecule has 0 bridgehead atoms. The van der Waals surface area contributed by atoms with Crippen molar-refractivity contribution in [2.24, 2.45) is 0 Å². The Morgan fingerprint density at radius 2 is 1.88 bits per heavy atom. The van der Waals surface area contributed by atoms with Gasteiger partial charge in [-0.05, 0) is 41.2 Å². The topological polar surface area (TPSA) is 46.2 Å². The molecule has 1 aromatic rings. The molecule has 1 N–H and O–H groups in total. The summed E-state index contributed by atoms with van der Waals surface area (Å²) in [7, 11) is -2.58. The molecule has 0 aromatic heterocycles. The largest absolute Gasteiger partial charge is 0.416 e. The van der Waals surface area contributed by atoms with Crippen LogP contribution in [0.5, 0.6) is 0 Å². The molecule has 90 valence electrons. The molecule has 3 nitrogen and oxygen atoms in total. The van der Waals surface area contributed by atoms with E-state index in [1.165, 1.54) is 7.05 Å².